The van der Waals surface area contributed by atoms with Crippen LogP contribution in [0.15, 0.2) is 36.4 Å². The lowest BCUT2D eigenvalue weighted by Gasteiger charge is -2.23. The maximum atomic E-state index is 13.1. The Bertz CT molecular complexity index is 922. The molecule has 0 unspecified atom stereocenters. The Balaban J connectivity index is 1.94. The van der Waals surface area contributed by atoms with Crippen molar-refractivity contribution < 1.29 is 22.9 Å². The van der Waals surface area contributed by atoms with E-state index >= 15 is 0 Å². The number of halogens is 3. The first-order valence-electron chi connectivity index (χ1n) is 8.69. The summed E-state index contributed by atoms with van der Waals surface area (Å²) in [6.45, 7) is 2.89. The van der Waals surface area contributed by atoms with Gasteiger partial charge in [0.2, 0.25) is 0 Å². The van der Waals surface area contributed by atoms with Gasteiger partial charge in [0.15, 0.2) is 0 Å². The van der Waals surface area contributed by atoms with Gasteiger partial charge in [0, 0.05) is 30.3 Å². The van der Waals surface area contributed by atoms with E-state index < -0.39 is 22.6 Å². The van der Waals surface area contributed by atoms with Gasteiger partial charge in [-0.15, -0.1) is 0 Å². The number of aryl methyl sites for hydroxylation is 1. The van der Waals surface area contributed by atoms with Crippen LogP contribution in [-0.4, -0.2) is 23.9 Å². The number of carbonyl (C=O) groups excluding carboxylic acids is 1. The Morgan fingerprint density at radius 2 is 1.82 bits per heavy atom. The Morgan fingerprint density at radius 1 is 1.14 bits per heavy atom. The minimum atomic E-state index is -4.53. The van der Waals surface area contributed by atoms with Gasteiger partial charge in [0.05, 0.1) is 21.9 Å². The first-order valence-corrected chi connectivity index (χ1v) is 8.69. The molecule has 2 aromatic carbocycles. The van der Waals surface area contributed by atoms with Crippen molar-refractivity contribution in [2.24, 2.45) is 0 Å². The lowest BCUT2D eigenvalue weighted by atomic mass is 10.1. The van der Waals surface area contributed by atoms with Gasteiger partial charge in [0.1, 0.15) is 0 Å². The average Bonchev–Trinajstić information content (AvgIpc) is 3.14. The first kappa shape index (κ1) is 19.7. The predicted molar refractivity (Wildman–Crippen MR) is 98.7 cm³/mol. The third kappa shape index (κ3) is 4.08. The average molecular weight is 393 g/mol. The van der Waals surface area contributed by atoms with E-state index in [2.05, 4.69) is 5.32 Å². The molecule has 0 aliphatic carbocycles. The zero-order valence-electron chi connectivity index (χ0n) is 15.0. The van der Waals surface area contributed by atoms with Gasteiger partial charge >= 0.3 is 6.18 Å². The van der Waals surface area contributed by atoms with Crippen LogP contribution in [0.2, 0.25) is 0 Å². The highest BCUT2D eigenvalue weighted by Crippen LogP contribution is 2.36. The number of carbonyl (C=O) groups is 1. The molecular weight excluding hydrogens is 375 g/mol. The fourth-order valence-corrected chi connectivity index (χ4v) is 3.24. The summed E-state index contributed by atoms with van der Waals surface area (Å²) in [5, 5.41) is 13.5. The van der Waals surface area contributed by atoms with Gasteiger partial charge in [-0.1, -0.05) is 0 Å². The molecule has 0 saturated carbocycles. The molecule has 1 saturated heterocycles. The minimum absolute atomic E-state index is 0.0673. The summed E-state index contributed by atoms with van der Waals surface area (Å²) in [4.78, 5) is 24.9. The maximum Gasteiger partial charge on any atom is 0.416 e. The molecule has 1 aliphatic rings. The van der Waals surface area contributed by atoms with E-state index in [0.717, 1.165) is 25.0 Å². The fourth-order valence-electron chi connectivity index (χ4n) is 3.24. The molecule has 1 aliphatic heterocycles. The highest BCUT2D eigenvalue weighted by Gasteiger charge is 2.32. The SMILES string of the molecule is Cc1cc(C(=O)Nc2cc(C(F)(F)F)ccc2N2CCCC2)ccc1[N+](=O)[O-]. The van der Waals surface area contributed by atoms with Crippen molar-refractivity contribution in [2.75, 3.05) is 23.3 Å². The fraction of sp³-hybridized carbons (Fsp3) is 0.316. The first-order chi connectivity index (χ1) is 13.2. The van der Waals surface area contributed by atoms with E-state index in [1.165, 1.54) is 31.2 Å². The molecule has 28 heavy (non-hydrogen) atoms. The van der Waals surface area contributed by atoms with Gasteiger partial charge < -0.3 is 10.2 Å². The second-order valence-corrected chi connectivity index (χ2v) is 6.64. The molecule has 3 rings (SSSR count). The molecule has 0 bridgehead atoms. The number of amides is 1. The number of rotatable bonds is 4. The number of alkyl halides is 3. The summed E-state index contributed by atoms with van der Waals surface area (Å²) in [7, 11) is 0. The van der Waals surface area contributed by atoms with Gasteiger partial charge in [-0.2, -0.15) is 13.2 Å². The molecule has 1 heterocycles. The molecular formula is C19H18F3N3O3. The van der Waals surface area contributed by atoms with Crippen LogP contribution in [0.1, 0.15) is 34.3 Å². The number of benzene rings is 2. The van der Waals surface area contributed by atoms with E-state index in [1.807, 2.05) is 4.90 Å². The van der Waals surface area contributed by atoms with E-state index in [-0.39, 0.29) is 16.9 Å². The molecule has 0 spiro atoms. The number of hydrogen-bond acceptors (Lipinski definition) is 4. The summed E-state index contributed by atoms with van der Waals surface area (Å²) in [6.07, 6.45) is -2.68. The predicted octanol–water partition coefficient (Wildman–Crippen LogP) is 4.77. The molecule has 0 atom stereocenters. The van der Waals surface area contributed by atoms with E-state index in [9.17, 15) is 28.1 Å². The van der Waals surface area contributed by atoms with Gasteiger partial charge in [-0.3, -0.25) is 14.9 Å². The number of nitro benzene ring substituents is 1. The van der Waals surface area contributed by atoms with Crippen molar-refractivity contribution >= 4 is 23.0 Å². The van der Waals surface area contributed by atoms with Crippen molar-refractivity contribution in [3.8, 4) is 0 Å². The van der Waals surface area contributed by atoms with Crippen molar-refractivity contribution in [3.05, 3.63) is 63.2 Å². The Morgan fingerprint density at radius 3 is 2.39 bits per heavy atom. The minimum Gasteiger partial charge on any atom is -0.370 e. The normalized spacial score (nSPS) is 14.2. The standard InChI is InChI=1S/C19H18F3N3O3/c1-12-10-13(4-6-16(12)25(27)28)18(26)23-15-11-14(19(20,21)22)5-7-17(15)24-8-2-3-9-24/h4-7,10-11H,2-3,8-9H2,1H3,(H,23,26). The van der Waals surface area contributed by atoms with Crippen molar-refractivity contribution in [2.45, 2.75) is 25.9 Å². The second kappa shape index (κ2) is 7.49. The van der Waals surface area contributed by atoms with Crippen molar-refractivity contribution in [1.82, 2.24) is 0 Å². The summed E-state index contributed by atoms with van der Waals surface area (Å²) in [6, 6.07) is 7.12. The number of nitrogens with zero attached hydrogens (tertiary/aromatic N) is 2. The van der Waals surface area contributed by atoms with Crippen molar-refractivity contribution in [3.63, 3.8) is 0 Å². The van der Waals surface area contributed by atoms with E-state index in [1.54, 1.807) is 0 Å². The van der Waals surface area contributed by atoms with Crippen LogP contribution < -0.4 is 10.2 Å². The van der Waals surface area contributed by atoms with Crippen molar-refractivity contribution in [1.29, 1.82) is 0 Å². The Kier molecular flexibility index (Phi) is 5.26. The monoisotopic (exact) mass is 393 g/mol. The van der Waals surface area contributed by atoms with Gasteiger partial charge in [0.25, 0.3) is 11.6 Å². The maximum absolute atomic E-state index is 13.1. The van der Waals surface area contributed by atoms with Crippen LogP contribution in [0, 0.1) is 17.0 Å². The van der Waals surface area contributed by atoms with Crippen LogP contribution in [0.5, 0.6) is 0 Å². The van der Waals surface area contributed by atoms with E-state index in [4.69, 9.17) is 0 Å². The lowest BCUT2D eigenvalue weighted by Crippen LogP contribution is -2.22. The van der Waals surface area contributed by atoms with Gasteiger partial charge in [-0.25, -0.2) is 0 Å². The molecule has 1 fully saturated rings. The number of hydrogen-bond donors (Lipinski definition) is 1. The molecule has 148 valence electrons. The number of nitrogens with one attached hydrogen (secondary N) is 1. The Labute approximate surface area is 159 Å². The highest BCUT2D eigenvalue weighted by atomic mass is 19.4. The Hall–Kier alpha value is -3.10. The van der Waals surface area contributed by atoms with Gasteiger partial charge in [-0.05, 0) is 50.1 Å². The highest BCUT2D eigenvalue weighted by molar-refractivity contribution is 6.06. The third-order valence-corrected chi connectivity index (χ3v) is 4.67. The quantitative estimate of drug-likeness (QED) is 0.599. The molecule has 1 N–H and O–H groups in total. The zero-order chi connectivity index (χ0) is 20.5. The number of anilines is 2. The number of nitro groups is 1. The van der Waals surface area contributed by atoms with E-state index in [0.29, 0.717) is 24.3 Å². The van der Waals surface area contributed by atoms with Crippen LogP contribution in [0.3, 0.4) is 0 Å². The second-order valence-electron chi connectivity index (χ2n) is 6.64. The lowest BCUT2D eigenvalue weighted by molar-refractivity contribution is -0.385. The summed E-state index contributed by atoms with van der Waals surface area (Å²) >= 11 is 0. The topological polar surface area (TPSA) is 75.5 Å². The molecule has 9 heteroatoms. The summed E-state index contributed by atoms with van der Waals surface area (Å²) < 4.78 is 39.4. The largest absolute Gasteiger partial charge is 0.416 e. The molecule has 6 nitrogen and oxygen atoms in total. The summed E-state index contributed by atoms with van der Waals surface area (Å²) in [5.41, 5.74) is 0.0311. The van der Waals surface area contributed by atoms with Crippen LogP contribution >= 0.6 is 0 Å². The van der Waals surface area contributed by atoms with Crippen LogP contribution in [-0.2, 0) is 6.18 Å². The molecule has 0 aromatic heterocycles. The summed E-state index contributed by atoms with van der Waals surface area (Å²) in [5.74, 6) is -0.627. The third-order valence-electron chi connectivity index (χ3n) is 4.67. The van der Waals surface area contributed by atoms with Crippen LogP contribution in [0.4, 0.5) is 30.2 Å². The zero-order valence-corrected chi connectivity index (χ0v) is 15.0. The molecule has 2 aromatic rings. The molecule has 0 radical (unpaired) electrons. The molecule has 1 amide bonds. The smallest absolute Gasteiger partial charge is 0.370 e. The van der Waals surface area contributed by atoms with Crippen LogP contribution in [0.25, 0.3) is 0 Å².